The van der Waals surface area contributed by atoms with E-state index in [1.165, 1.54) is 7.11 Å². The number of halogens is 2. The molecule has 4 nitrogen and oxygen atoms in total. The highest BCUT2D eigenvalue weighted by Gasteiger charge is 2.11. The summed E-state index contributed by atoms with van der Waals surface area (Å²) in [6, 6.07) is 1.87. The number of nitrogens with zero attached hydrogens (tertiary/aromatic N) is 2. The molecule has 0 aliphatic rings. The highest BCUT2D eigenvalue weighted by molar-refractivity contribution is 9.11. The Balaban J connectivity index is 2.82. The molecular formula is C9H10Br2N2O2. The number of hydrogen-bond donors (Lipinski definition) is 0. The van der Waals surface area contributed by atoms with Gasteiger partial charge in [-0.05, 0) is 37.9 Å². The van der Waals surface area contributed by atoms with Crippen molar-refractivity contribution in [3.05, 3.63) is 21.2 Å². The zero-order valence-electron chi connectivity index (χ0n) is 8.33. The van der Waals surface area contributed by atoms with Crippen molar-refractivity contribution in [3.8, 4) is 0 Å². The van der Waals surface area contributed by atoms with Gasteiger partial charge < -0.3 is 9.64 Å². The number of hydrogen-bond acceptors (Lipinski definition) is 4. The Hall–Kier alpha value is -0.620. The molecular weight excluding hydrogens is 328 g/mol. The van der Waals surface area contributed by atoms with Gasteiger partial charge in [0.15, 0.2) is 0 Å². The molecule has 0 aromatic carbocycles. The maximum Gasteiger partial charge on any atom is 0.325 e. The van der Waals surface area contributed by atoms with Crippen LogP contribution < -0.4 is 4.90 Å². The largest absolute Gasteiger partial charge is 0.468 e. The molecule has 0 atom stereocenters. The van der Waals surface area contributed by atoms with Crippen molar-refractivity contribution in [3.63, 3.8) is 0 Å². The minimum atomic E-state index is -0.297. The van der Waals surface area contributed by atoms with E-state index >= 15 is 0 Å². The number of esters is 1. The molecule has 0 unspecified atom stereocenters. The van der Waals surface area contributed by atoms with E-state index in [0.29, 0.717) is 5.82 Å². The summed E-state index contributed by atoms with van der Waals surface area (Å²) in [5, 5.41) is 0. The fraction of sp³-hybridized carbons (Fsp3) is 0.333. The Morgan fingerprint density at radius 2 is 2.27 bits per heavy atom. The van der Waals surface area contributed by atoms with Gasteiger partial charge in [-0.15, -0.1) is 0 Å². The van der Waals surface area contributed by atoms with Crippen LogP contribution in [-0.2, 0) is 9.53 Å². The van der Waals surface area contributed by atoms with Crippen molar-refractivity contribution in [2.24, 2.45) is 0 Å². The molecule has 0 spiro atoms. The number of rotatable bonds is 3. The third-order valence-electron chi connectivity index (χ3n) is 1.74. The van der Waals surface area contributed by atoms with Crippen LogP contribution in [0.15, 0.2) is 21.2 Å². The molecule has 0 fully saturated rings. The quantitative estimate of drug-likeness (QED) is 0.793. The summed E-state index contributed by atoms with van der Waals surface area (Å²) < 4.78 is 6.27. The zero-order chi connectivity index (χ0) is 11.4. The SMILES string of the molecule is COC(=O)CN(C)c1ncc(Br)cc1Br. The fourth-order valence-corrected chi connectivity index (χ4v) is 2.31. The highest BCUT2D eigenvalue weighted by atomic mass is 79.9. The number of carbonyl (C=O) groups excluding carboxylic acids is 1. The normalized spacial score (nSPS) is 9.87. The van der Waals surface area contributed by atoms with Crippen LogP contribution in [0.5, 0.6) is 0 Å². The molecule has 0 saturated heterocycles. The van der Waals surface area contributed by atoms with Crippen LogP contribution >= 0.6 is 31.9 Å². The molecule has 0 saturated carbocycles. The van der Waals surface area contributed by atoms with E-state index in [0.717, 1.165) is 8.95 Å². The first-order chi connectivity index (χ1) is 7.04. The van der Waals surface area contributed by atoms with Gasteiger partial charge in [-0.2, -0.15) is 0 Å². The Morgan fingerprint density at radius 3 is 2.80 bits per heavy atom. The first-order valence-corrected chi connectivity index (χ1v) is 5.72. The predicted molar refractivity (Wildman–Crippen MR) is 64.9 cm³/mol. The number of ether oxygens (including phenoxy) is 1. The van der Waals surface area contributed by atoms with Crippen molar-refractivity contribution in [2.75, 3.05) is 25.6 Å². The van der Waals surface area contributed by atoms with E-state index in [-0.39, 0.29) is 12.5 Å². The molecule has 0 N–H and O–H groups in total. The number of methoxy groups -OCH3 is 1. The van der Waals surface area contributed by atoms with Gasteiger partial charge in [-0.1, -0.05) is 0 Å². The third kappa shape index (κ3) is 3.46. The first kappa shape index (κ1) is 12.4. The Bertz CT molecular complexity index is 371. The molecule has 1 aromatic rings. The smallest absolute Gasteiger partial charge is 0.325 e. The van der Waals surface area contributed by atoms with Crippen molar-refractivity contribution < 1.29 is 9.53 Å². The average Bonchev–Trinajstić information content (AvgIpc) is 2.17. The number of anilines is 1. The summed E-state index contributed by atoms with van der Waals surface area (Å²) in [4.78, 5) is 17.0. The lowest BCUT2D eigenvalue weighted by molar-refractivity contribution is -0.138. The molecule has 6 heteroatoms. The van der Waals surface area contributed by atoms with E-state index in [4.69, 9.17) is 0 Å². The lowest BCUT2D eigenvalue weighted by atomic mass is 10.4. The standard InChI is InChI=1S/C9H10Br2N2O2/c1-13(5-8(14)15-2)9-7(11)3-6(10)4-12-9/h3-4H,5H2,1-2H3. The summed E-state index contributed by atoms with van der Waals surface area (Å²) in [6.07, 6.45) is 1.67. The zero-order valence-corrected chi connectivity index (χ0v) is 11.5. The van der Waals surface area contributed by atoms with E-state index in [9.17, 15) is 4.79 Å². The topological polar surface area (TPSA) is 42.4 Å². The molecule has 15 heavy (non-hydrogen) atoms. The minimum absolute atomic E-state index is 0.170. The number of pyridine rings is 1. The summed E-state index contributed by atoms with van der Waals surface area (Å²) >= 11 is 6.68. The lowest BCUT2D eigenvalue weighted by Gasteiger charge is -2.17. The molecule has 0 aliphatic heterocycles. The molecule has 0 radical (unpaired) electrons. The second-order valence-corrected chi connectivity index (χ2v) is 4.66. The van der Waals surface area contributed by atoms with E-state index in [2.05, 4.69) is 41.6 Å². The summed E-state index contributed by atoms with van der Waals surface area (Å²) in [5.74, 6) is 0.401. The van der Waals surface area contributed by atoms with Gasteiger partial charge in [0.1, 0.15) is 12.4 Å². The van der Waals surface area contributed by atoms with Crippen LogP contribution in [0.4, 0.5) is 5.82 Å². The second-order valence-electron chi connectivity index (χ2n) is 2.89. The van der Waals surface area contributed by atoms with Crippen molar-refractivity contribution >= 4 is 43.6 Å². The van der Waals surface area contributed by atoms with Crippen LogP contribution in [0.1, 0.15) is 0 Å². The Kier molecular flexibility index (Phi) is 4.53. The molecule has 82 valence electrons. The van der Waals surface area contributed by atoms with E-state index in [1.807, 2.05) is 6.07 Å². The van der Waals surface area contributed by atoms with Crippen LogP contribution in [0.2, 0.25) is 0 Å². The lowest BCUT2D eigenvalue weighted by Crippen LogP contribution is -2.27. The van der Waals surface area contributed by atoms with Gasteiger partial charge in [-0.3, -0.25) is 4.79 Å². The highest BCUT2D eigenvalue weighted by Crippen LogP contribution is 2.25. The number of likely N-dealkylation sites (N-methyl/N-ethyl adjacent to an activating group) is 1. The molecule has 0 aliphatic carbocycles. The Labute approximate surface area is 105 Å². The first-order valence-electron chi connectivity index (χ1n) is 4.13. The van der Waals surface area contributed by atoms with Crippen LogP contribution in [0.25, 0.3) is 0 Å². The Morgan fingerprint density at radius 1 is 1.60 bits per heavy atom. The molecule has 1 heterocycles. The van der Waals surface area contributed by atoms with Crippen LogP contribution in [-0.4, -0.2) is 31.7 Å². The molecule has 0 bridgehead atoms. The fourth-order valence-electron chi connectivity index (χ4n) is 1.02. The molecule has 0 amide bonds. The van der Waals surface area contributed by atoms with Gasteiger partial charge >= 0.3 is 5.97 Å². The van der Waals surface area contributed by atoms with Crippen molar-refractivity contribution in [1.82, 2.24) is 4.98 Å². The minimum Gasteiger partial charge on any atom is -0.468 e. The maximum atomic E-state index is 11.1. The van der Waals surface area contributed by atoms with Gasteiger partial charge in [0.2, 0.25) is 0 Å². The predicted octanol–water partition coefficient (Wildman–Crippen LogP) is 2.22. The van der Waals surface area contributed by atoms with E-state index in [1.54, 1.807) is 18.1 Å². The van der Waals surface area contributed by atoms with Gasteiger partial charge in [0, 0.05) is 17.7 Å². The third-order valence-corrected chi connectivity index (χ3v) is 2.76. The number of carbonyl (C=O) groups is 1. The van der Waals surface area contributed by atoms with Gasteiger partial charge in [-0.25, -0.2) is 4.98 Å². The monoisotopic (exact) mass is 336 g/mol. The second kappa shape index (κ2) is 5.46. The molecule has 1 aromatic heterocycles. The molecule has 1 rings (SSSR count). The van der Waals surface area contributed by atoms with Gasteiger partial charge in [0.25, 0.3) is 0 Å². The van der Waals surface area contributed by atoms with Crippen LogP contribution in [0, 0.1) is 0 Å². The average molecular weight is 338 g/mol. The summed E-state index contributed by atoms with van der Waals surface area (Å²) in [5.41, 5.74) is 0. The number of aromatic nitrogens is 1. The summed E-state index contributed by atoms with van der Waals surface area (Å²) in [7, 11) is 3.14. The van der Waals surface area contributed by atoms with Crippen LogP contribution in [0.3, 0.4) is 0 Å². The maximum absolute atomic E-state index is 11.1. The van der Waals surface area contributed by atoms with Gasteiger partial charge in [0.05, 0.1) is 11.6 Å². The summed E-state index contributed by atoms with van der Waals surface area (Å²) in [6.45, 7) is 0.170. The van der Waals surface area contributed by atoms with Crippen molar-refractivity contribution in [1.29, 1.82) is 0 Å². The van der Waals surface area contributed by atoms with E-state index < -0.39 is 0 Å². The van der Waals surface area contributed by atoms with Crippen molar-refractivity contribution in [2.45, 2.75) is 0 Å².